The van der Waals surface area contributed by atoms with Crippen LogP contribution >= 0.6 is 24.2 Å². The zero-order chi connectivity index (χ0) is 20.4. The average Bonchev–Trinajstić information content (AvgIpc) is 2.74. The van der Waals surface area contributed by atoms with E-state index in [1.807, 2.05) is 35.7 Å². The monoisotopic (exact) mass is 442 g/mol. The van der Waals surface area contributed by atoms with Gasteiger partial charge >= 0.3 is 0 Å². The van der Waals surface area contributed by atoms with Crippen LogP contribution < -0.4 is 5.32 Å². The molecule has 0 radical (unpaired) electrons. The van der Waals surface area contributed by atoms with Gasteiger partial charge < -0.3 is 10.2 Å². The number of benzene rings is 1. The molecule has 7 heteroatoms. The molecule has 158 valence electrons. The molecular formula is C23H27ClN4OS. The van der Waals surface area contributed by atoms with Crippen molar-refractivity contribution in [2.75, 3.05) is 29.9 Å². The van der Waals surface area contributed by atoms with Crippen molar-refractivity contribution in [3.05, 3.63) is 59.4 Å². The molecule has 0 unspecified atom stereocenters. The van der Waals surface area contributed by atoms with Gasteiger partial charge in [0.15, 0.2) is 5.65 Å². The minimum absolute atomic E-state index is 0. The first-order valence-corrected chi connectivity index (χ1v) is 11.2. The molecule has 1 aliphatic heterocycles. The van der Waals surface area contributed by atoms with Gasteiger partial charge in [-0.05, 0) is 42.7 Å². The second-order valence-electron chi connectivity index (χ2n) is 7.68. The van der Waals surface area contributed by atoms with Crippen molar-refractivity contribution in [2.24, 2.45) is 0 Å². The Morgan fingerprint density at radius 1 is 1.10 bits per heavy atom. The predicted molar refractivity (Wildman–Crippen MR) is 129 cm³/mol. The fourth-order valence-corrected chi connectivity index (χ4v) is 4.40. The highest BCUT2D eigenvalue weighted by Gasteiger charge is 2.23. The van der Waals surface area contributed by atoms with Gasteiger partial charge in [-0.3, -0.25) is 4.79 Å². The Hall–Kier alpha value is -2.31. The van der Waals surface area contributed by atoms with E-state index in [-0.39, 0.29) is 18.3 Å². The summed E-state index contributed by atoms with van der Waals surface area (Å²) in [4.78, 5) is 24.2. The van der Waals surface area contributed by atoms with Crippen LogP contribution in [0.4, 0.5) is 11.4 Å². The van der Waals surface area contributed by atoms with Crippen LogP contribution in [0.25, 0.3) is 11.0 Å². The van der Waals surface area contributed by atoms with E-state index in [1.165, 1.54) is 5.56 Å². The number of hydrogen-bond donors (Lipinski definition) is 1. The maximum absolute atomic E-state index is 13.3. The second kappa shape index (κ2) is 9.67. The van der Waals surface area contributed by atoms with E-state index in [2.05, 4.69) is 53.4 Å². The van der Waals surface area contributed by atoms with E-state index in [9.17, 15) is 4.79 Å². The van der Waals surface area contributed by atoms with Crippen LogP contribution in [0.15, 0.2) is 42.6 Å². The molecule has 1 aromatic carbocycles. The lowest BCUT2D eigenvalue weighted by atomic mass is 10.0. The average molecular weight is 443 g/mol. The Morgan fingerprint density at radius 3 is 2.47 bits per heavy atom. The molecule has 0 spiro atoms. The largest absolute Gasteiger partial charge is 0.354 e. The molecule has 0 atom stereocenters. The highest BCUT2D eigenvalue weighted by molar-refractivity contribution is 7.99. The minimum Gasteiger partial charge on any atom is -0.354 e. The predicted octanol–water partition coefficient (Wildman–Crippen LogP) is 5.42. The summed E-state index contributed by atoms with van der Waals surface area (Å²) in [5.41, 5.74) is 5.17. The maximum Gasteiger partial charge on any atom is 0.257 e. The second-order valence-corrected chi connectivity index (χ2v) is 8.90. The Balaban J connectivity index is 0.00000256. The highest BCUT2D eigenvalue weighted by atomic mass is 35.5. The highest BCUT2D eigenvalue weighted by Crippen LogP contribution is 2.30. The Kier molecular flexibility index (Phi) is 7.21. The van der Waals surface area contributed by atoms with Crippen LogP contribution in [-0.2, 0) is 0 Å². The van der Waals surface area contributed by atoms with E-state index in [0.29, 0.717) is 17.1 Å². The molecule has 1 amide bonds. The summed E-state index contributed by atoms with van der Waals surface area (Å²) >= 11 is 1.89. The molecule has 0 saturated carbocycles. The van der Waals surface area contributed by atoms with E-state index in [1.54, 1.807) is 6.20 Å². The topological polar surface area (TPSA) is 58.1 Å². The summed E-state index contributed by atoms with van der Waals surface area (Å²) in [6.45, 7) is 7.86. The summed E-state index contributed by atoms with van der Waals surface area (Å²) < 4.78 is 0. The molecule has 0 aliphatic carbocycles. The summed E-state index contributed by atoms with van der Waals surface area (Å²) in [7, 11) is 0. The lowest BCUT2D eigenvalue weighted by Crippen LogP contribution is -2.38. The Bertz CT molecular complexity index is 1030. The van der Waals surface area contributed by atoms with Crippen molar-refractivity contribution in [3.63, 3.8) is 0 Å². The number of rotatable bonds is 4. The first kappa shape index (κ1) is 22.4. The first-order chi connectivity index (χ1) is 14.0. The number of pyridine rings is 2. The molecule has 2 aromatic heterocycles. The summed E-state index contributed by atoms with van der Waals surface area (Å²) in [6.07, 6.45) is 1.67. The van der Waals surface area contributed by atoms with E-state index >= 15 is 0 Å². The number of amides is 1. The number of nitrogens with one attached hydrogen (secondary N) is 1. The van der Waals surface area contributed by atoms with Gasteiger partial charge in [0.25, 0.3) is 5.91 Å². The van der Waals surface area contributed by atoms with Crippen LogP contribution in [0, 0.1) is 6.92 Å². The smallest absolute Gasteiger partial charge is 0.257 e. The fourth-order valence-electron chi connectivity index (χ4n) is 3.50. The van der Waals surface area contributed by atoms with Crippen molar-refractivity contribution in [3.8, 4) is 0 Å². The third-order valence-electron chi connectivity index (χ3n) is 5.24. The third kappa shape index (κ3) is 4.71. The Morgan fingerprint density at radius 2 is 1.80 bits per heavy atom. The fraction of sp³-hybridized carbons (Fsp3) is 0.348. The molecule has 1 N–H and O–H groups in total. The molecule has 1 fully saturated rings. The third-order valence-corrected chi connectivity index (χ3v) is 6.19. The normalized spacial score (nSPS) is 13.9. The first-order valence-electron chi connectivity index (χ1n) is 10.0. The summed E-state index contributed by atoms with van der Waals surface area (Å²) in [5.74, 6) is 2.47. The SMILES string of the molecule is Cc1ccc2c(Nc3ccc(C(C)C)cc3)c(C(=O)N3CCSCC3)cnc2n1.Cl. The van der Waals surface area contributed by atoms with Crippen LogP contribution in [0.5, 0.6) is 0 Å². The van der Waals surface area contributed by atoms with Gasteiger partial charge in [-0.25, -0.2) is 9.97 Å². The lowest BCUT2D eigenvalue weighted by molar-refractivity contribution is 0.0773. The molecule has 5 nitrogen and oxygen atoms in total. The molecule has 1 aliphatic rings. The van der Waals surface area contributed by atoms with E-state index in [0.717, 1.165) is 47.1 Å². The molecule has 0 bridgehead atoms. The number of anilines is 2. The molecule has 1 saturated heterocycles. The number of halogens is 1. The number of aromatic nitrogens is 2. The number of aryl methyl sites for hydroxylation is 1. The molecule has 3 heterocycles. The lowest BCUT2D eigenvalue weighted by Gasteiger charge is -2.27. The number of fused-ring (bicyclic) bond motifs is 1. The van der Waals surface area contributed by atoms with Crippen molar-refractivity contribution in [2.45, 2.75) is 26.7 Å². The number of nitrogens with zero attached hydrogens (tertiary/aromatic N) is 3. The van der Waals surface area contributed by atoms with Gasteiger partial charge in [-0.15, -0.1) is 12.4 Å². The number of carbonyl (C=O) groups is 1. The van der Waals surface area contributed by atoms with E-state index < -0.39 is 0 Å². The van der Waals surface area contributed by atoms with Gasteiger partial charge in [0.1, 0.15) is 0 Å². The number of carbonyl (C=O) groups excluding carboxylic acids is 1. The minimum atomic E-state index is 0. The number of hydrogen-bond acceptors (Lipinski definition) is 5. The van der Waals surface area contributed by atoms with Crippen molar-refractivity contribution in [1.29, 1.82) is 0 Å². The van der Waals surface area contributed by atoms with Crippen molar-refractivity contribution in [1.82, 2.24) is 14.9 Å². The molecule has 4 rings (SSSR count). The van der Waals surface area contributed by atoms with Crippen LogP contribution in [-0.4, -0.2) is 45.4 Å². The quantitative estimate of drug-likeness (QED) is 0.584. The Labute approximate surface area is 188 Å². The van der Waals surface area contributed by atoms with Gasteiger partial charge in [0.05, 0.1) is 11.3 Å². The van der Waals surface area contributed by atoms with E-state index in [4.69, 9.17) is 0 Å². The van der Waals surface area contributed by atoms with Crippen LogP contribution in [0.1, 0.15) is 41.4 Å². The van der Waals surface area contributed by atoms with Crippen LogP contribution in [0.3, 0.4) is 0 Å². The van der Waals surface area contributed by atoms with Gasteiger partial charge in [0.2, 0.25) is 0 Å². The van der Waals surface area contributed by atoms with Gasteiger partial charge in [-0.2, -0.15) is 11.8 Å². The van der Waals surface area contributed by atoms with Gasteiger partial charge in [0, 0.05) is 47.6 Å². The van der Waals surface area contributed by atoms with Crippen molar-refractivity contribution < 1.29 is 4.79 Å². The standard InChI is InChI=1S/C23H26N4OS.ClH/c1-15(2)17-5-7-18(8-6-17)26-21-19-9-4-16(3)25-22(19)24-14-20(21)23(28)27-10-12-29-13-11-27;/h4-9,14-15H,10-13H2,1-3H3,(H,24,25,26);1H. The summed E-state index contributed by atoms with van der Waals surface area (Å²) in [5, 5.41) is 4.35. The molecule has 3 aromatic rings. The zero-order valence-electron chi connectivity index (χ0n) is 17.5. The summed E-state index contributed by atoms with van der Waals surface area (Å²) in [6, 6.07) is 12.3. The maximum atomic E-state index is 13.3. The van der Waals surface area contributed by atoms with Crippen LogP contribution in [0.2, 0.25) is 0 Å². The zero-order valence-corrected chi connectivity index (χ0v) is 19.1. The van der Waals surface area contributed by atoms with Gasteiger partial charge in [-0.1, -0.05) is 26.0 Å². The molecular weight excluding hydrogens is 416 g/mol. The molecule has 30 heavy (non-hydrogen) atoms. The number of thioether (sulfide) groups is 1. The van der Waals surface area contributed by atoms with Crippen molar-refractivity contribution >= 4 is 52.5 Å².